The molecular weight excluding hydrogens is 392 g/mol. The first kappa shape index (κ1) is 17.5. The number of hydrogen-bond acceptors (Lipinski definition) is 2. The monoisotopic (exact) mass is 405 g/mol. The summed E-state index contributed by atoms with van der Waals surface area (Å²) >= 11 is 13.9. The Morgan fingerprint density at radius 2 is 1.88 bits per heavy atom. The Kier molecular flexibility index (Phi) is 4.74. The fraction of sp³-hybridized carbons (Fsp3) is 0.150. The van der Waals surface area contributed by atoms with E-state index < -0.39 is 0 Å². The van der Waals surface area contributed by atoms with E-state index in [1.807, 2.05) is 11.4 Å². The molecule has 2 nitrogen and oxygen atoms in total. The summed E-state index contributed by atoms with van der Waals surface area (Å²) in [6.45, 7) is 0.577. The van der Waals surface area contributed by atoms with Crippen molar-refractivity contribution in [1.29, 1.82) is 0 Å². The first-order chi connectivity index (χ1) is 12.5. The summed E-state index contributed by atoms with van der Waals surface area (Å²) in [5, 5.41) is 2.85. The largest absolute Gasteiger partial charge is 0.327 e. The Balaban J connectivity index is 1.78. The molecule has 0 fully saturated rings. The van der Waals surface area contributed by atoms with E-state index in [0.717, 1.165) is 17.5 Å². The molecular formula is C20H14Cl2FNOS. The number of amides is 1. The third-order valence-corrected chi connectivity index (χ3v) is 6.12. The number of thiophene rings is 1. The van der Waals surface area contributed by atoms with Crippen molar-refractivity contribution in [3.63, 3.8) is 0 Å². The molecule has 0 spiro atoms. The van der Waals surface area contributed by atoms with Crippen molar-refractivity contribution in [3.05, 3.63) is 91.3 Å². The second-order valence-corrected chi connectivity index (χ2v) is 7.97. The summed E-state index contributed by atoms with van der Waals surface area (Å²) in [7, 11) is 0. The minimum Gasteiger partial charge on any atom is -0.327 e. The molecule has 0 radical (unpaired) electrons. The van der Waals surface area contributed by atoms with Crippen LogP contribution in [-0.2, 0) is 6.42 Å². The Morgan fingerprint density at radius 3 is 2.62 bits per heavy atom. The molecule has 1 amide bonds. The molecule has 3 aromatic rings. The topological polar surface area (TPSA) is 20.3 Å². The minimum atomic E-state index is -0.297. The van der Waals surface area contributed by atoms with E-state index in [9.17, 15) is 9.18 Å². The lowest BCUT2D eigenvalue weighted by Gasteiger charge is -2.36. The van der Waals surface area contributed by atoms with Crippen LogP contribution < -0.4 is 0 Å². The van der Waals surface area contributed by atoms with Crippen LogP contribution in [0.25, 0.3) is 0 Å². The van der Waals surface area contributed by atoms with Crippen molar-refractivity contribution in [3.8, 4) is 0 Å². The summed E-state index contributed by atoms with van der Waals surface area (Å²) in [5.41, 5.74) is 2.39. The molecule has 0 bridgehead atoms. The third kappa shape index (κ3) is 3.13. The van der Waals surface area contributed by atoms with Crippen molar-refractivity contribution in [2.45, 2.75) is 12.5 Å². The van der Waals surface area contributed by atoms with Gasteiger partial charge >= 0.3 is 0 Å². The van der Waals surface area contributed by atoms with Gasteiger partial charge in [0.2, 0.25) is 0 Å². The molecule has 2 heterocycles. The van der Waals surface area contributed by atoms with E-state index in [2.05, 4.69) is 0 Å². The number of benzene rings is 2. The molecule has 1 aromatic heterocycles. The van der Waals surface area contributed by atoms with Crippen LogP contribution in [0.4, 0.5) is 4.39 Å². The standard InChI is InChI=1S/C20H14Cl2FNOS/c21-13-3-6-15(17(22)11-13)20(25)24-9-7-18-16(8-10-26-18)19(24)12-1-4-14(23)5-2-12/h1-6,8,10-11,19H,7,9H2/t19-/m1/s1. The molecule has 0 saturated heterocycles. The van der Waals surface area contributed by atoms with Crippen molar-refractivity contribution in [1.82, 2.24) is 4.90 Å². The quantitative estimate of drug-likeness (QED) is 0.513. The summed E-state index contributed by atoms with van der Waals surface area (Å²) in [4.78, 5) is 16.3. The number of halogens is 3. The highest BCUT2D eigenvalue weighted by atomic mass is 35.5. The second-order valence-electron chi connectivity index (χ2n) is 6.13. The van der Waals surface area contributed by atoms with Crippen LogP contribution in [0.15, 0.2) is 53.9 Å². The fourth-order valence-corrected chi connectivity index (χ4v) is 4.75. The van der Waals surface area contributed by atoms with E-state index in [-0.39, 0.29) is 17.8 Å². The van der Waals surface area contributed by atoms with Gasteiger partial charge in [0.1, 0.15) is 5.82 Å². The number of nitrogens with zero attached hydrogens (tertiary/aromatic N) is 1. The lowest BCUT2D eigenvalue weighted by atomic mass is 9.92. The maximum absolute atomic E-state index is 13.4. The van der Waals surface area contributed by atoms with Gasteiger partial charge in [-0.2, -0.15) is 0 Å². The van der Waals surface area contributed by atoms with Crippen LogP contribution in [-0.4, -0.2) is 17.4 Å². The summed E-state index contributed by atoms with van der Waals surface area (Å²) in [6.07, 6.45) is 0.793. The predicted octanol–water partition coefficient (Wildman–Crippen LogP) is 5.98. The van der Waals surface area contributed by atoms with E-state index in [0.29, 0.717) is 22.2 Å². The van der Waals surface area contributed by atoms with Gasteiger partial charge in [-0.05, 0) is 59.3 Å². The molecule has 2 aromatic carbocycles. The fourth-order valence-electron chi connectivity index (χ4n) is 3.36. The molecule has 132 valence electrons. The van der Waals surface area contributed by atoms with Crippen molar-refractivity contribution < 1.29 is 9.18 Å². The average molecular weight is 406 g/mol. The Hall–Kier alpha value is -1.88. The maximum atomic E-state index is 13.4. The molecule has 0 aliphatic carbocycles. The van der Waals surface area contributed by atoms with Gasteiger partial charge in [-0.1, -0.05) is 35.3 Å². The van der Waals surface area contributed by atoms with E-state index >= 15 is 0 Å². The highest BCUT2D eigenvalue weighted by Gasteiger charge is 2.34. The highest BCUT2D eigenvalue weighted by Crippen LogP contribution is 2.39. The molecule has 0 unspecified atom stereocenters. The van der Waals surface area contributed by atoms with Gasteiger partial charge in [-0.15, -0.1) is 11.3 Å². The number of rotatable bonds is 2. The molecule has 6 heteroatoms. The Bertz CT molecular complexity index is 970. The number of hydrogen-bond donors (Lipinski definition) is 0. The predicted molar refractivity (Wildman–Crippen MR) is 104 cm³/mol. The van der Waals surface area contributed by atoms with Crippen LogP contribution in [0.3, 0.4) is 0 Å². The van der Waals surface area contributed by atoms with Gasteiger partial charge < -0.3 is 4.90 Å². The van der Waals surface area contributed by atoms with Gasteiger partial charge in [-0.3, -0.25) is 4.79 Å². The van der Waals surface area contributed by atoms with Crippen LogP contribution in [0.5, 0.6) is 0 Å². The summed E-state index contributed by atoms with van der Waals surface area (Å²) in [5.74, 6) is -0.452. The Labute approximate surface area is 164 Å². The SMILES string of the molecule is O=C(c1ccc(Cl)cc1Cl)N1CCc2sccc2[C@H]1c1ccc(F)cc1. The normalized spacial score (nSPS) is 16.4. The smallest absolute Gasteiger partial charge is 0.256 e. The highest BCUT2D eigenvalue weighted by molar-refractivity contribution is 7.10. The van der Waals surface area contributed by atoms with E-state index in [4.69, 9.17) is 23.2 Å². The van der Waals surface area contributed by atoms with Crippen LogP contribution in [0.1, 0.15) is 32.4 Å². The van der Waals surface area contributed by atoms with Crippen molar-refractivity contribution in [2.24, 2.45) is 0 Å². The zero-order valence-corrected chi connectivity index (χ0v) is 15.9. The maximum Gasteiger partial charge on any atom is 0.256 e. The van der Waals surface area contributed by atoms with Gasteiger partial charge in [0.15, 0.2) is 0 Å². The third-order valence-electron chi connectivity index (χ3n) is 4.57. The van der Waals surface area contributed by atoms with E-state index in [1.54, 1.807) is 46.6 Å². The van der Waals surface area contributed by atoms with Gasteiger partial charge in [0, 0.05) is 16.4 Å². The molecule has 26 heavy (non-hydrogen) atoms. The molecule has 1 aliphatic heterocycles. The zero-order chi connectivity index (χ0) is 18.3. The molecule has 1 atom stereocenters. The molecule has 1 aliphatic rings. The van der Waals surface area contributed by atoms with Crippen LogP contribution >= 0.6 is 34.5 Å². The van der Waals surface area contributed by atoms with Gasteiger partial charge in [-0.25, -0.2) is 4.39 Å². The van der Waals surface area contributed by atoms with Crippen molar-refractivity contribution in [2.75, 3.05) is 6.54 Å². The molecule has 4 rings (SSSR count). The first-order valence-corrected chi connectivity index (χ1v) is 9.76. The Morgan fingerprint density at radius 1 is 1.12 bits per heavy atom. The van der Waals surface area contributed by atoms with Gasteiger partial charge in [0.25, 0.3) is 5.91 Å². The van der Waals surface area contributed by atoms with Crippen molar-refractivity contribution >= 4 is 40.4 Å². The van der Waals surface area contributed by atoms with Gasteiger partial charge in [0.05, 0.1) is 16.6 Å². The second kappa shape index (κ2) is 7.03. The minimum absolute atomic E-state index is 0.155. The first-order valence-electron chi connectivity index (χ1n) is 8.12. The number of carbonyl (C=O) groups excluding carboxylic acids is 1. The average Bonchev–Trinajstić information content (AvgIpc) is 3.10. The zero-order valence-electron chi connectivity index (χ0n) is 13.6. The lowest BCUT2D eigenvalue weighted by Crippen LogP contribution is -2.40. The molecule has 0 saturated carbocycles. The lowest BCUT2D eigenvalue weighted by molar-refractivity contribution is 0.0696. The summed E-state index contributed by atoms with van der Waals surface area (Å²) < 4.78 is 13.4. The van der Waals surface area contributed by atoms with Crippen LogP contribution in [0.2, 0.25) is 10.0 Å². The van der Waals surface area contributed by atoms with Crippen LogP contribution in [0, 0.1) is 5.82 Å². The van der Waals surface area contributed by atoms with E-state index in [1.165, 1.54) is 17.0 Å². The summed E-state index contributed by atoms with van der Waals surface area (Å²) in [6, 6.07) is 13.0. The number of fused-ring (bicyclic) bond motifs is 1. The number of carbonyl (C=O) groups is 1. The molecule has 0 N–H and O–H groups in total.